The van der Waals surface area contributed by atoms with Crippen LogP contribution in [0.5, 0.6) is 0 Å². The Kier molecular flexibility index (Phi) is 2.89. The summed E-state index contributed by atoms with van der Waals surface area (Å²) in [4.78, 5) is 0. The van der Waals surface area contributed by atoms with Crippen LogP contribution in [0.2, 0.25) is 0 Å². The van der Waals surface area contributed by atoms with Gasteiger partial charge in [0.15, 0.2) is 0 Å². The molecule has 0 N–H and O–H groups in total. The lowest BCUT2D eigenvalue weighted by Crippen LogP contribution is -1.84. The number of fused-ring (bicyclic) bond motifs is 6. The van der Waals surface area contributed by atoms with Crippen molar-refractivity contribution in [3.63, 3.8) is 0 Å². The van der Waals surface area contributed by atoms with Gasteiger partial charge < -0.3 is 0 Å². The van der Waals surface area contributed by atoms with Gasteiger partial charge >= 0.3 is 0 Å². The highest BCUT2D eigenvalue weighted by atomic mass is 14.1. The molecule has 1 radical (unpaired) electrons. The Balaban J connectivity index is 1.96. The van der Waals surface area contributed by atoms with E-state index in [-0.39, 0.29) is 0 Å². The normalized spacial score (nSPS) is 11.3. The predicted molar refractivity (Wildman–Crippen MR) is 103 cm³/mol. The molecule has 0 fully saturated rings. The Morgan fingerprint density at radius 2 is 0.917 bits per heavy atom. The number of hydrogen-bond acceptors (Lipinski definition) is 0. The fraction of sp³-hybridized carbons (Fsp3) is 0. The third kappa shape index (κ3) is 1.93. The molecule has 0 spiro atoms. The lowest BCUT2D eigenvalue weighted by atomic mass is 9.92. The van der Waals surface area contributed by atoms with Crippen LogP contribution < -0.4 is 0 Å². The van der Waals surface area contributed by atoms with E-state index >= 15 is 0 Å². The summed E-state index contributed by atoms with van der Waals surface area (Å²) >= 11 is 0. The average molecular weight is 303 g/mol. The molecule has 0 amide bonds. The molecular formula is C24H15. The van der Waals surface area contributed by atoms with Crippen LogP contribution in [0.3, 0.4) is 0 Å². The number of benzene rings is 5. The van der Waals surface area contributed by atoms with Crippen molar-refractivity contribution in [1.82, 2.24) is 0 Å². The van der Waals surface area contributed by atoms with Crippen LogP contribution >= 0.6 is 0 Å². The molecule has 111 valence electrons. The number of hydrogen-bond donors (Lipinski definition) is 0. The van der Waals surface area contributed by atoms with Crippen LogP contribution in [0.4, 0.5) is 0 Å². The Morgan fingerprint density at radius 1 is 0.417 bits per heavy atom. The van der Waals surface area contributed by atoms with Gasteiger partial charge in [0.05, 0.1) is 0 Å². The zero-order chi connectivity index (χ0) is 15.9. The van der Waals surface area contributed by atoms with Gasteiger partial charge in [-0.2, -0.15) is 0 Å². The van der Waals surface area contributed by atoms with E-state index in [4.69, 9.17) is 0 Å². The maximum Gasteiger partial charge on any atom is -0.00928 e. The summed E-state index contributed by atoms with van der Waals surface area (Å²) in [7, 11) is 0. The molecule has 0 aromatic heterocycles. The van der Waals surface area contributed by atoms with Crippen molar-refractivity contribution < 1.29 is 0 Å². The maximum atomic E-state index is 3.09. The summed E-state index contributed by atoms with van der Waals surface area (Å²) in [6.45, 7) is 0. The minimum Gasteiger partial charge on any atom is -0.0616 e. The van der Waals surface area contributed by atoms with Gasteiger partial charge in [-0.05, 0) is 55.6 Å². The van der Waals surface area contributed by atoms with Crippen molar-refractivity contribution in [2.24, 2.45) is 0 Å². The molecule has 0 heteroatoms. The molecule has 0 saturated heterocycles. The molecule has 5 aromatic rings. The van der Waals surface area contributed by atoms with E-state index in [0.29, 0.717) is 0 Å². The molecule has 5 rings (SSSR count). The van der Waals surface area contributed by atoms with Crippen LogP contribution in [0.15, 0.2) is 91.0 Å². The van der Waals surface area contributed by atoms with Gasteiger partial charge in [-0.1, -0.05) is 84.9 Å². The largest absolute Gasteiger partial charge is 0.0616 e. The van der Waals surface area contributed by atoms with E-state index in [1.807, 2.05) is 12.1 Å². The highest BCUT2D eigenvalue weighted by Gasteiger charge is 2.08. The van der Waals surface area contributed by atoms with E-state index in [0.717, 1.165) is 0 Å². The zero-order valence-corrected chi connectivity index (χ0v) is 13.2. The Labute approximate surface area is 141 Å². The molecule has 24 heavy (non-hydrogen) atoms. The van der Waals surface area contributed by atoms with Crippen molar-refractivity contribution in [3.8, 4) is 11.1 Å². The smallest absolute Gasteiger partial charge is 0.00928 e. The van der Waals surface area contributed by atoms with Crippen molar-refractivity contribution in [1.29, 1.82) is 0 Å². The fourth-order valence-corrected chi connectivity index (χ4v) is 3.67. The summed E-state index contributed by atoms with van der Waals surface area (Å²) in [5, 5.41) is 7.90. The predicted octanol–water partition coefficient (Wildman–Crippen LogP) is 6.61. The second-order valence-corrected chi connectivity index (χ2v) is 6.14. The maximum absolute atomic E-state index is 3.09. The van der Waals surface area contributed by atoms with E-state index in [2.05, 4.69) is 84.9 Å². The van der Waals surface area contributed by atoms with E-state index in [9.17, 15) is 0 Å². The monoisotopic (exact) mass is 303 g/mol. The molecule has 0 aliphatic heterocycles. The first kappa shape index (κ1) is 13.3. The molecule has 0 nitrogen and oxygen atoms in total. The minimum absolute atomic E-state index is 1.23. The van der Waals surface area contributed by atoms with Crippen molar-refractivity contribution >= 4 is 32.3 Å². The highest BCUT2D eigenvalue weighted by molar-refractivity contribution is 6.25. The van der Waals surface area contributed by atoms with E-state index < -0.39 is 0 Å². The number of rotatable bonds is 1. The summed E-state index contributed by atoms with van der Waals surface area (Å²) < 4.78 is 0. The summed E-state index contributed by atoms with van der Waals surface area (Å²) in [6.07, 6.45) is 0. The molecule has 0 bridgehead atoms. The second-order valence-electron chi connectivity index (χ2n) is 6.14. The molecule has 0 aliphatic carbocycles. The standard InChI is InChI=1S/C24H15/c1-2-8-17(9-3-1)18-14-15-23-21-12-5-4-10-19(21)20-11-6-7-13-22(20)24(23)16-18/h2-16H. The third-order valence-electron chi connectivity index (χ3n) is 4.80. The molecule has 0 aliphatic rings. The molecule has 0 unspecified atom stereocenters. The van der Waals surface area contributed by atoms with Gasteiger partial charge in [0.1, 0.15) is 0 Å². The fourth-order valence-electron chi connectivity index (χ4n) is 3.67. The van der Waals surface area contributed by atoms with Crippen LogP contribution in [-0.4, -0.2) is 0 Å². The van der Waals surface area contributed by atoms with Gasteiger partial charge in [0, 0.05) is 0 Å². The quantitative estimate of drug-likeness (QED) is 0.305. The van der Waals surface area contributed by atoms with Crippen LogP contribution in [0, 0.1) is 6.07 Å². The topological polar surface area (TPSA) is 0 Å². The molecule has 0 saturated carbocycles. The molecular weight excluding hydrogens is 288 g/mol. The first-order chi connectivity index (χ1) is 11.9. The molecule has 5 aromatic carbocycles. The van der Waals surface area contributed by atoms with Gasteiger partial charge in [0.25, 0.3) is 0 Å². The van der Waals surface area contributed by atoms with Gasteiger partial charge in [-0.3, -0.25) is 0 Å². The van der Waals surface area contributed by atoms with Crippen molar-refractivity contribution in [3.05, 3.63) is 97.1 Å². The third-order valence-corrected chi connectivity index (χ3v) is 4.80. The minimum atomic E-state index is 1.23. The first-order valence-electron chi connectivity index (χ1n) is 8.21. The summed E-state index contributed by atoms with van der Waals surface area (Å²) in [5.41, 5.74) is 2.48. The van der Waals surface area contributed by atoms with E-state index in [1.165, 1.54) is 43.4 Å². The van der Waals surface area contributed by atoms with Gasteiger partial charge in [-0.15, -0.1) is 0 Å². The first-order valence-corrected chi connectivity index (χ1v) is 8.21. The Morgan fingerprint density at radius 3 is 1.50 bits per heavy atom. The summed E-state index contributed by atoms with van der Waals surface area (Å²) in [5.74, 6) is 0. The lowest BCUT2D eigenvalue weighted by molar-refractivity contribution is 1.64. The molecule has 0 heterocycles. The SMILES string of the molecule is [c]1ccc(-c2ccc3c4ccccc4c4ccccc4c3c2)cc1. The lowest BCUT2D eigenvalue weighted by Gasteiger charge is -2.12. The van der Waals surface area contributed by atoms with Crippen LogP contribution in [0.1, 0.15) is 0 Å². The Bertz CT molecular complexity index is 1150. The van der Waals surface area contributed by atoms with E-state index in [1.54, 1.807) is 0 Å². The molecule has 0 atom stereocenters. The van der Waals surface area contributed by atoms with Gasteiger partial charge in [0.2, 0.25) is 0 Å². The average Bonchev–Trinajstić information content (AvgIpc) is 2.68. The second kappa shape index (κ2) is 5.21. The zero-order valence-electron chi connectivity index (χ0n) is 13.2. The Hall–Kier alpha value is -3.12. The van der Waals surface area contributed by atoms with Gasteiger partial charge in [-0.25, -0.2) is 0 Å². The van der Waals surface area contributed by atoms with Crippen molar-refractivity contribution in [2.75, 3.05) is 0 Å². The van der Waals surface area contributed by atoms with Crippen molar-refractivity contribution in [2.45, 2.75) is 0 Å². The van der Waals surface area contributed by atoms with Crippen LogP contribution in [0.25, 0.3) is 43.4 Å². The van der Waals surface area contributed by atoms with Crippen LogP contribution in [-0.2, 0) is 0 Å². The summed E-state index contributed by atoms with van der Waals surface area (Å²) in [6, 6.07) is 35.5. The highest BCUT2D eigenvalue weighted by Crippen LogP contribution is 2.36.